The van der Waals surface area contributed by atoms with Crippen LogP contribution in [-0.2, 0) is 25.4 Å². The molecule has 1 aliphatic heterocycles. The number of rotatable bonds is 11. The van der Waals surface area contributed by atoms with E-state index in [2.05, 4.69) is 42.6 Å². The van der Waals surface area contributed by atoms with Crippen LogP contribution in [0.1, 0.15) is 51.2 Å². The minimum atomic E-state index is -1.07. The molecule has 6 unspecified atom stereocenters. The number of alkyl carbamates (subject to hydrolysis) is 1. The molecule has 0 radical (unpaired) electrons. The fourth-order valence-corrected chi connectivity index (χ4v) is 6.62. The summed E-state index contributed by atoms with van der Waals surface area (Å²) >= 11 is 7.21. The molecule has 1 aliphatic carbocycles. The molecule has 1 saturated heterocycles. The maximum Gasteiger partial charge on any atom is 0.414 e. The Labute approximate surface area is 229 Å². The molecule has 7 nitrogen and oxygen atoms in total. The zero-order chi connectivity index (χ0) is 27.2. The van der Waals surface area contributed by atoms with Gasteiger partial charge in [-0.3, -0.25) is 10.1 Å². The summed E-state index contributed by atoms with van der Waals surface area (Å²) in [6.07, 6.45) is 2.43. The average molecular weight is 554 g/mol. The number of methoxy groups -OCH3 is 1. The number of thioether (sulfide) groups is 1. The van der Waals surface area contributed by atoms with E-state index in [1.54, 1.807) is 18.9 Å². The largest absolute Gasteiger partial charge is 0.443 e. The number of carbonyl (C=O) groups is 2. The Morgan fingerprint density at radius 2 is 2.00 bits per heavy atom. The molecule has 1 saturated carbocycles. The fraction of sp³-hybridized carbons (Fsp3) is 0.643. The highest BCUT2D eigenvalue weighted by molar-refractivity contribution is 7.99. The third-order valence-corrected chi connectivity index (χ3v) is 8.81. The lowest BCUT2D eigenvalue weighted by Gasteiger charge is -2.49. The number of ether oxygens (including phenoxy) is 3. The summed E-state index contributed by atoms with van der Waals surface area (Å²) in [7, 11) is 1.56. The van der Waals surface area contributed by atoms with Crippen molar-refractivity contribution in [3.05, 3.63) is 47.0 Å². The molecule has 2 N–H and O–H groups in total. The molecule has 0 bridgehead atoms. The summed E-state index contributed by atoms with van der Waals surface area (Å²) in [5.74, 6) is -0.0109. The van der Waals surface area contributed by atoms with E-state index in [9.17, 15) is 14.7 Å². The van der Waals surface area contributed by atoms with Gasteiger partial charge in [-0.2, -0.15) is 11.8 Å². The van der Waals surface area contributed by atoms with Crippen molar-refractivity contribution >= 4 is 35.4 Å². The highest BCUT2D eigenvalue weighted by atomic mass is 35.5. The van der Waals surface area contributed by atoms with E-state index in [0.29, 0.717) is 18.6 Å². The van der Waals surface area contributed by atoms with E-state index in [-0.39, 0.29) is 12.0 Å². The van der Waals surface area contributed by atoms with Gasteiger partial charge < -0.3 is 19.3 Å². The van der Waals surface area contributed by atoms with Crippen LogP contribution < -0.4 is 5.32 Å². The molecule has 1 heterocycles. The Kier molecular flexibility index (Phi) is 10.5. The topological polar surface area (TPSA) is 97.4 Å². The van der Waals surface area contributed by atoms with E-state index in [1.165, 1.54) is 16.7 Å². The molecule has 206 valence electrons. The van der Waals surface area contributed by atoms with E-state index in [4.69, 9.17) is 25.8 Å². The van der Waals surface area contributed by atoms with Crippen molar-refractivity contribution in [1.82, 2.24) is 5.32 Å². The van der Waals surface area contributed by atoms with Gasteiger partial charge in [0.15, 0.2) is 0 Å². The molecule has 3 rings (SSSR count). The number of imide groups is 1. The van der Waals surface area contributed by atoms with Crippen LogP contribution in [-0.4, -0.2) is 71.1 Å². The van der Waals surface area contributed by atoms with E-state index in [1.807, 2.05) is 20.8 Å². The molecule has 1 aromatic rings. The predicted molar refractivity (Wildman–Crippen MR) is 147 cm³/mol. The fourth-order valence-electron chi connectivity index (χ4n) is 5.35. The van der Waals surface area contributed by atoms with Crippen LogP contribution >= 0.6 is 23.4 Å². The van der Waals surface area contributed by atoms with Gasteiger partial charge in [0, 0.05) is 18.8 Å². The number of alkyl halides is 1. The van der Waals surface area contributed by atoms with Crippen molar-refractivity contribution in [3.63, 3.8) is 0 Å². The molecule has 9 heteroatoms. The number of aliphatic hydroxyl groups is 1. The van der Waals surface area contributed by atoms with Gasteiger partial charge in [-0.15, -0.1) is 11.6 Å². The van der Waals surface area contributed by atoms with Gasteiger partial charge in [-0.1, -0.05) is 41.5 Å². The average Bonchev–Trinajstić information content (AvgIpc) is 3.52. The van der Waals surface area contributed by atoms with Gasteiger partial charge in [-0.25, -0.2) is 4.79 Å². The molecule has 6 atom stereocenters. The zero-order valence-corrected chi connectivity index (χ0v) is 24.0. The minimum absolute atomic E-state index is 0.0699. The predicted octanol–water partition coefficient (Wildman–Crippen LogP) is 4.80. The lowest BCUT2D eigenvalue weighted by atomic mass is 9.66. The number of nitrogens with one attached hydrogen (secondary N) is 1. The highest BCUT2D eigenvalue weighted by Gasteiger charge is 2.67. The van der Waals surface area contributed by atoms with Gasteiger partial charge >= 0.3 is 6.09 Å². The van der Waals surface area contributed by atoms with Gasteiger partial charge in [0.05, 0.1) is 11.7 Å². The summed E-state index contributed by atoms with van der Waals surface area (Å²) in [6, 6.07) is 8.51. The molecule has 1 aromatic carbocycles. The van der Waals surface area contributed by atoms with Crippen molar-refractivity contribution in [1.29, 1.82) is 0 Å². The van der Waals surface area contributed by atoms with E-state index in [0.717, 1.165) is 18.6 Å². The van der Waals surface area contributed by atoms with Crippen LogP contribution in [0.5, 0.6) is 0 Å². The number of amides is 2. The van der Waals surface area contributed by atoms with Crippen LogP contribution in [0.3, 0.4) is 0 Å². The smallest absolute Gasteiger partial charge is 0.414 e. The van der Waals surface area contributed by atoms with Crippen LogP contribution in [0.2, 0.25) is 0 Å². The first-order valence-electron chi connectivity index (χ1n) is 12.8. The van der Waals surface area contributed by atoms with Crippen LogP contribution in [0, 0.1) is 12.8 Å². The molecule has 0 spiro atoms. The standard InChI is InChI=1S/C28H40ClNO6S/c1-18(2)6-11-22-27(4,36-22)25-24(34-5)21(35-26(32)30-23(31)16-29)12-14-28(25,33)17-37-15-13-20-9-7-19(3)8-10-20/h6-10,21-22,24-25,33H,11-17H2,1-5H3,(H,30,31,32). The maximum atomic E-state index is 12.3. The van der Waals surface area contributed by atoms with Gasteiger partial charge in [0.2, 0.25) is 5.91 Å². The molecule has 0 aromatic heterocycles. The van der Waals surface area contributed by atoms with Crippen molar-refractivity contribution in [2.75, 3.05) is 24.5 Å². The number of hydrogen-bond acceptors (Lipinski definition) is 7. The van der Waals surface area contributed by atoms with Gasteiger partial charge in [-0.05, 0) is 64.7 Å². The Bertz CT molecular complexity index is 968. The van der Waals surface area contributed by atoms with Crippen LogP contribution in [0.25, 0.3) is 0 Å². The number of aryl methyl sites for hydroxylation is 2. The van der Waals surface area contributed by atoms with E-state index >= 15 is 0 Å². The summed E-state index contributed by atoms with van der Waals surface area (Å²) in [6.45, 7) is 8.17. The number of allylic oxidation sites excluding steroid dienone is 1. The van der Waals surface area contributed by atoms with E-state index < -0.39 is 41.3 Å². The summed E-state index contributed by atoms with van der Waals surface area (Å²) in [5.41, 5.74) is 2.00. The van der Waals surface area contributed by atoms with Crippen molar-refractivity contribution in [2.45, 2.75) is 82.9 Å². The maximum absolute atomic E-state index is 12.3. The molecular formula is C28H40ClNO6S. The van der Waals surface area contributed by atoms with Crippen LogP contribution in [0.4, 0.5) is 4.79 Å². The van der Waals surface area contributed by atoms with Crippen molar-refractivity contribution < 1.29 is 28.9 Å². The molecule has 2 aliphatic rings. The second-order valence-corrected chi connectivity index (χ2v) is 11.9. The number of epoxide rings is 1. The first kappa shape index (κ1) is 30.0. The molecular weight excluding hydrogens is 514 g/mol. The summed E-state index contributed by atoms with van der Waals surface area (Å²) in [4.78, 5) is 23.9. The SMILES string of the molecule is COC1C(OC(=O)NC(=O)CCl)CCC(O)(CSCCc2ccc(C)cc2)C1C1(C)OC1CC=C(C)C. The lowest BCUT2D eigenvalue weighted by Crippen LogP contribution is -2.61. The molecule has 37 heavy (non-hydrogen) atoms. The van der Waals surface area contributed by atoms with Gasteiger partial charge in [0.25, 0.3) is 0 Å². The molecule has 2 fully saturated rings. The van der Waals surface area contributed by atoms with Crippen LogP contribution in [0.15, 0.2) is 35.9 Å². The Balaban J connectivity index is 1.74. The first-order valence-corrected chi connectivity index (χ1v) is 14.5. The third-order valence-electron chi connectivity index (χ3n) is 7.37. The summed E-state index contributed by atoms with van der Waals surface area (Å²) in [5, 5.41) is 14.2. The number of hydrogen-bond donors (Lipinski definition) is 2. The minimum Gasteiger partial charge on any atom is -0.443 e. The number of carbonyl (C=O) groups excluding carboxylic acids is 2. The monoisotopic (exact) mass is 553 g/mol. The van der Waals surface area contributed by atoms with Gasteiger partial charge in [0.1, 0.15) is 23.7 Å². The number of benzene rings is 1. The third kappa shape index (κ3) is 7.73. The quantitative estimate of drug-likeness (QED) is 0.176. The Morgan fingerprint density at radius 1 is 1.30 bits per heavy atom. The Hall–Kier alpha value is -1.58. The number of halogens is 1. The Morgan fingerprint density at radius 3 is 2.62 bits per heavy atom. The van der Waals surface area contributed by atoms with Crippen molar-refractivity contribution in [2.24, 2.45) is 5.92 Å². The second kappa shape index (κ2) is 13.0. The van der Waals surface area contributed by atoms with Crippen molar-refractivity contribution in [3.8, 4) is 0 Å². The lowest BCUT2D eigenvalue weighted by molar-refractivity contribution is -0.170. The normalized spacial score (nSPS) is 30.9. The zero-order valence-electron chi connectivity index (χ0n) is 22.4. The molecule has 2 amide bonds. The second-order valence-electron chi connectivity index (χ2n) is 10.5. The first-order chi connectivity index (χ1) is 17.5. The highest BCUT2D eigenvalue weighted by Crippen LogP contribution is 2.55. The summed E-state index contributed by atoms with van der Waals surface area (Å²) < 4.78 is 17.7.